The quantitative estimate of drug-likeness (QED) is 0.774. The van der Waals surface area contributed by atoms with Crippen LogP contribution in [-0.4, -0.2) is 10.3 Å². The number of alkyl halides is 1. The van der Waals surface area contributed by atoms with Crippen molar-refractivity contribution < 1.29 is 0 Å². The number of benzene rings is 1. The maximum absolute atomic E-state index is 4.66. The van der Waals surface area contributed by atoms with Gasteiger partial charge in [-0.3, -0.25) is 0 Å². The van der Waals surface area contributed by atoms with Gasteiger partial charge in [0, 0.05) is 22.2 Å². The fourth-order valence-electron chi connectivity index (χ4n) is 1.45. The van der Waals surface area contributed by atoms with Crippen LogP contribution in [0.2, 0.25) is 0 Å². The molecule has 0 atom stereocenters. The highest BCUT2D eigenvalue weighted by molar-refractivity contribution is 9.09. The molecule has 78 valence electrons. The Morgan fingerprint density at radius 1 is 1.27 bits per heavy atom. The third kappa shape index (κ3) is 2.47. The zero-order chi connectivity index (χ0) is 10.7. The average molecular weight is 282 g/mol. The number of thiazole rings is 1. The number of nitrogens with zero attached hydrogens (tertiary/aromatic N) is 1. The molecule has 2 rings (SSSR count). The zero-order valence-corrected chi connectivity index (χ0v) is 10.9. The molecule has 0 amide bonds. The molecule has 0 aliphatic rings. The van der Waals surface area contributed by atoms with Crippen molar-refractivity contribution >= 4 is 27.3 Å². The van der Waals surface area contributed by atoms with Crippen LogP contribution in [0.1, 0.15) is 10.6 Å². The Kier molecular flexibility index (Phi) is 3.54. The molecule has 1 aromatic heterocycles. The maximum atomic E-state index is 4.66. The Hall–Kier alpha value is -0.670. The summed E-state index contributed by atoms with van der Waals surface area (Å²) in [6.45, 7) is 2.14. The van der Waals surface area contributed by atoms with Crippen LogP contribution < -0.4 is 0 Å². The molecule has 1 heterocycles. The van der Waals surface area contributed by atoms with Gasteiger partial charge in [-0.2, -0.15) is 0 Å². The van der Waals surface area contributed by atoms with Crippen molar-refractivity contribution in [3.05, 3.63) is 40.9 Å². The zero-order valence-electron chi connectivity index (χ0n) is 8.53. The molecule has 15 heavy (non-hydrogen) atoms. The first kappa shape index (κ1) is 10.8. The molecule has 0 fully saturated rings. The standard InChI is InChI=1S/C12H12BrNS/c1-9-11(7-8-13)14-12(15-9)10-5-3-2-4-6-10/h2-6H,7-8H2,1H3. The Bertz CT molecular complexity index is 436. The summed E-state index contributed by atoms with van der Waals surface area (Å²) in [5.74, 6) is 0. The molecule has 0 aliphatic heterocycles. The number of aromatic nitrogens is 1. The van der Waals surface area contributed by atoms with E-state index in [1.807, 2.05) is 6.07 Å². The van der Waals surface area contributed by atoms with Gasteiger partial charge in [0.1, 0.15) is 5.01 Å². The van der Waals surface area contributed by atoms with Crippen LogP contribution in [-0.2, 0) is 6.42 Å². The molecule has 1 nitrogen and oxygen atoms in total. The van der Waals surface area contributed by atoms with E-state index in [0.717, 1.165) is 16.8 Å². The highest BCUT2D eigenvalue weighted by Gasteiger charge is 2.07. The Balaban J connectivity index is 2.34. The van der Waals surface area contributed by atoms with Crippen molar-refractivity contribution in [2.24, 2.45) is 0 Å². The molecule has 0 unspecified atom stereocenters. The van der Waals surface area contributed by atoms with Gasteiger partial charge in [-0.05, 0) is 6.92 Å². The topological polar surface area (TPSA) is 12.9 Å². The summed E-state index contributed by atoms with van der Waals surface area (Å²) in [4.78, 5) is 5.99. The molecule has 1 aromatic carbocycles. The summed E-state index contributed by atoms with van der Waals surface area (Å²) < 4.78 is 0. The van der Waals surface area contributed by atoms with Crippen LogP contribution >= 0.6 is 27.3 Å². The maximum Gasteiger partial charge on any atom is 0.123 e. The van der Waals surface area contributed by atoms with Gasteiger partial charge in [0.15, 0.2) is 0 Å². The predicted molar refractivity (Wildman–Crippen MR) is 69.8 cm³/mol. The summed E-state index contributed by atoms with van der Waals surface area (Å²) in [6, 6.07) is 10.3. The smallest absolute Gasteiger partial charge is 0.123 e. The molecule has 0 saturated heterocycles. The molecule has 2 aromatic rings. The van der Waals surface area contributed by atoms with Gasteiger partial charge in [0.25, 0.3) is 0 Å². The number of rotatable bonds is 3. The summed E-state index contributed by atoms with van der Waals surface area (Å²) in [6.07, 6.45) is 1.01. The second-order valence-corrected chi connectivity index (χ2v) is 5.32. The highest BCUT2D eigenvalue weighted by Crippen LogP contribution is 2.27. The van der Waals surface area contributed by atoms with E-state index >= 15 is 0 Å². The van der Waals surface area contributed by atoms with Crippen molar-refractivity contribution in [1.29, 1.82) is 0 Å². The number of hydrogen-bond acceptors (Lipinski definition) is 2. The van der Waals surface area contributed by atoms with Gasteiger partial charge in [0.05, 0.1) is 5.69 Å². The lowest BCUT2D eigenvalue weighted by Gasteiger charge is -1.93. The Morgan fingerprint density at radius 2 is 2.00 bits per heavy atom. The van der Waals surface area contributed by atoms with Crippen LogP contribution in [0, 0.1) is 6.92 Å². The second-order valence-electron chi connectivity index (χ2n) is 3.33. The fourth-order valence-corrected chi connectivity index (χ4v) is 2.79. The van der Waals surface area contributed by atoms with Gasteiger partial charge in [-0.1, -0.05) is 46.3 Å². The summed E-state index contributed by atoms with van der Waals surface area (Å²) in [5.41, 5.74) is 2.43. The molecular formula is C12H12BrNS. The lowest BCUT2D eigenvalue weighted by molar-refractivity contribution is 1.07. The molecule has 0 bridgehead atoms. The first-order chi connectivity index (χ1) is 7.31. The average Bonchev–Trinajstić information content (AvgIpc) is 2.63. The van der Waals surface area contributed by atoms with E-state index < -0.39 is 0 Å². The molecular weight excluding hydrogens is 270 g/mol. The molecule has 0 saturated carbocycles. The van der Waals surface area contributed by atoms with Crippen LogP contribution in [0.25, 0.3) is 10.6 Å². The van der Waals surface area contributed by atoms with Crippen molar-refractivity contribution in [3.8, 4) is 10.6 Å². The van der Waals surface area contributed by atoms with Crippen LogP contribution in [0.5, 0.6) is 0 Å². The Morgan fingerprint density at radius 3 is 2.67 bits per heavy atom. The van der Waals surface area contributed by atoms with Gasteiger partial charge in [-0.15, -0.1) is 11.3 Å². The van der Waals surface area contributed by atoms with Crippen molar-refractivity contribution in [3.63, 3.8) is 0 Å². The van der Waals surface area contributed by atoms with E-state index in [2.05, 4.69) is 52.1 Å². The number of aryl methyl sites for hydroxylation is 2. The summed E-state index contributed by atoms with van der Waals surface area (Å²) in [7, 11) is 0. The van der Waals surface area contributed by atoms with Gasteiger partial charge in [0.2, 0.25) is 0 Å². The minimum atomic E-state index is 0.978. The molecule has 0 spiro atoms. The van der Waals surface area contributed by atoms with Crippen LogP contribution in [0.15, 0.2) is 30.3 Å². The largest absolute Gasteiger partial charge is 0.241 e. The minimum absolute atomic E-state index is 0.978. The predicted octanol–water partition coefficient (Wildman–Crippen LogP) is 4.06. The highest BCUT2D eigenvalue weighted by atomic mass is 79.9. The van der Waals surface area contributed by atoms with Gasteiger partial charge >= 0.3 is 0 Å². The lowest BCUT2D eigenvalue weighted by Crippen LogP contribution is -1.88. The van der Waals surface area contributed by atoms with Crippen molar-refractivity contribution in [2.75, 3.05) is 5.33 Å². The van der Waals surface area contributed by atoms with Gasteiger partial charge in [-0.25, -0.2) is 4.98 Å². The summed E-state index contributed by atoms with van der Waals surface area (Å²) >= 11 is 5.23. The third-order valence-electron chi connectivity index (χ3n) is 2.24. The SMILES string of the molecule is Cc1sc(-c2ccccc2)nc1CCBr. The molecule has 0 radical (unpaired) electrons. The Labute approximate surface area is 102 Å². The molecule has 3 heteroatoms. The number of halogens is 1. The van der Waals surface area contributed by atoms with E-state index in [1.54, 1.807) is 11.3 Å². The molecule has 0 N–H and O–H groups in total. The molecule has 0 aliphatic carbocycles. The normalized spacial score (nSPS) is 10.5. The van der Waals surface area contributed by atoms with Gasteiger partial charge < -0.3 is 0 Å². The number of hydrogen-bond donors (Lipinski definition) is 0. The van der Waals surface area contributed by atoms with E-state index in [1.165, 1.54) is 16.1 Å². The van der Waals surface area contributed by atoms with Crippen LogP contribution in [0.3, 0.4) is 0 Å². The van der Waals surface area contributed by atoms with Crippen molar-refractivity contribution in [1.82, 2.24) is 4.98 Å². The fraction of sp³-hybridized carbons (Fsp3) is 0.250. The summed E-state index contributed by atoms with van der Waals surface area (Å²) in [5, 5.41) is 2.11. The van der Waals surface area contributed by atoms with E-state index in [9.17, 15) is 0 Å². The first-order valence-corrected chi connectivity index (χ1v) is 6.82. The lowest BCUT2D eigenvalue weighted by atomic mass is 10.2. The van der Waals surface area contributed by atoms with Crippen molar-refractivity contribution in [2.45, 2.75) is 13.3 Å². The second kappa shape index (κ2) is 4.90. The van der Waals surface area contributed by atoms with E-state index in [-0.39, 0.29) is 0 Å². The minimum Gasteiger partial charge on any atom is -0.241 e. The van der Waals surface area contributed by atoms with Crippen LogP contribution in [0.4, 0.5) is 0 Å². The monoisotopic (exact) mass is 281 g/mol. The first-order valence-electron chi connectivity index (χ1n) is 4.89. The third-order valence-corrected chi connectivity index (χ3v) is 3.70. The van der Waals surface area contributed by atoms with E-state index in [0.29, 0.717) is 0 Å². The van der Waals surface area contributed by atoms with E-state index in [4.69, 9.17) is 0 Å².